The summed E-state index contributed by atoms with van der Waals surface area (Å²) in [6.45, 7) is 1.96. The molecule has 8 heteroatoms. The second-order valence-corrected chi connectivity index (χ2v) is 7.16. The van der Waals surface area contributed by atoms with E-state index in [0.29, 0.717) is 33.3 Å². The molecule has 4 rings (SSSR count). The Labute approximate surface area is 171 Å². The molecule has 2 amide bonds. The summed E-state index contributed by atoms with van der Waals surface area (Å²) in [5.74, 6) is 0.702. The highest BCUT2D eigenvalue weighted by Crippen LogP contribution is 2.32. The van der Waals surface area contributed by atoms with Crippen molar-refractivity contribution in [2.45, 2.75) is 6.92 Å². The Kier molecular flexibility index (Phi) is 5.26. The van der Waals surface area contributed by atoms with E-state index in [1.54, 1.807) is 43.3 Å². The van der Waals surface area contributed by atoms with Gasteiger partial charge in [0.1, 0.15) is 0 Å². The lowest BCUT2D eigenvalue weighted by molar-refractivity contribution is 0.0958. The fraction of sp³-hybridized carbons (Fsp3) is 0.0952. The molecule has 0 radical (unpaired) electrons. The summed E-state index contributed by atoms with van der Waals surface area (Å²) in [6, 6.07) is 15.8. The molecule has 146 valence electrons. The molecule has 0 aliphatic carbocycles. The lowest BCUT2D eigenvalue weighted by Crippen LogP contribution is -2.18. The largest absolute Gasteiger partial charge is 0.454 e. The van der Waals surface area contributed by atoms with Crippen LogP contribution in [0.5, 0.6) is 11.5 Å². The highest BCUT2D eigenvalue weighted by Gasteiger charge is 2.16. The standard InChI is InChI=1S/C21H17N3O4S/c1-13(23-24-21(26)19-3-2-10-29-19)14-4-7-16(8-5-14)22-20(25)15-6-9-17-18(11-15)28-12-27-17/h2-11H,12H2,1H3,(H,22,25)(H,24,26). The average Bonchev–Trinajstić information content (AvgIpc) is 3.43. The zero-order chi connectivity index (χ0) is 20.2. The first-order chi connectivity index (χ1) is 14.1. The number of amides is 2. The van der Waals surface area contributed by atoms with Gasteiger partial charge in [0.05, 0.1) is 10.6 Å². The van der Waals surface area contributed by atoms with Crippen molar-refractivity contribution in [2.24, 2.45) is 5.10 Å². The van der Waals surface area contributed by atoms with Gasteiger partial charge in [-0.15, -0.1) is 11.3 Å². The molecule has 1 aromatic heterocycles. The van der Waals surface area contributed by atoms with Crippen molar-refractivity contribution < 1.29 is 19.1 Å². The van der Waals surface area contributed by atoms with Gasteiger partial charge in [0.15, 0.2) is 11.5 Å². The Morgan fingerprint density at radius 2 is 1.72 bits per heavy atom. The van der Waals surface area contributed by atoms with Gasteiger partial charge in [-0.1, -0.05) is 18.2 Å². The first-order valence-corrected chi connectivity index (χ1v) is 9.68. The molecular weight excluding hydrogens is 390 g/mol. The summed E-state index contributed by atoms with van der Waals surface area (Å²) in [4.78, 5) is 25.0. The minimum Gasteiger partial charge on any atom is -0.454 e. The van der Waals surface area contributed by atoms with E-state index in [0.717, 1.165) is 5.56 Å². The van der Waals surface area contributed by atoms with Gasteiger partial charge in [0.2, 0.25) is 6.79 Å². The molecule has 1 aliphatic heterocycles. The predicted molar refractivity (Wildman–Crippen MR) is 111 cm³/mol. The average molecular weight is 407 g/mol. The highest BCUT2D eigenvalue weighted by molar-refractivity contribution is 7.12. The van der Waals surface area contributed by atoms with Gasteiger partial charge >= 0.3 is 0 Å². The molecule has 0 saturated heterocycles. The lowest BCUT2D eigenvalue weighted by atomic mass is 10.1. The fourth-order valence-corrected chi connectivity index (χ4v) is 3.31. The van der Waals surface area contributed by atoms with Crippen molar-refractivity contribution in [3.63, 3.8) is 0 Å². The van der Waals surface area contributed by atoms with E-state index in [4.69, 9.17) is 9.47 Å². The maximum atomic E-state index is 12.4. The maximum Gasteiger partial charge on any atom is 0.281 e. The number of anilines is 1. The van der Waals surface area contributed by atoms with Crippen molar-refractivity contribution in [2.75, 3.05) is 12.1 Å². The van der Waals surface area contributed by atoms with Gasteiger partial charge < -0.3 is 14.8 Å². The third-order valence-corrected chi connectivity index (χ3v) is 5.13. The van der Waals surface area contributed by atoms with Crippen LogP contribution in [0.25, 0.3) is 0 Å². The third kappa shape index (κ3) is 4.27. The van der Waals surface area contributed by atoms with Crippen LogP contribution in [-0.2, 0) is 0 Å². The van der Waals surface area contributed by atoms with Crippen LogP contribution >= 0.6 is 11.3 Å². The topological polar surface area (TPSA) is 89.0 Å². The van der Waals surface area contributed by atoms with E-state index in [2.05, 4.69) is 15.8 Å². The van der Waals surface area contributed by atoms with Crippen molar-refractivity contribution in [1.82, 2.24) is 5.43 Å². The van der Waals surface area contributed by atoms with Crippen LogP contribution < -0.4 is 20.2 Å². The van der Waals surface area contributed by atoms with E-state index >= 15 is 0 Å². The van der Waals surface area contributed by atoms with Crippen LogP contribution in [0, 0.1) is 0 Å². The minimum absolute atomic E-state index is 0.163. The summed E-state index contributed by atoms with van der Waals surface area (Å²) >= 11 is 1.35. The predicted octanol–water partition coefficient (Wildman–Crippen LogP) is 3.88. The number of nitrogens with zero attached hydrogens (tertiary/aromatic N) is 1. The van der Waals surface area contributed by atoms with Gasteiger partial charge in [-0.3, -0.25) is 9.59 Å². The van der Waals surface area contributed by atoms with Crippen molar-refractivity contribution in [3.05, 3.63) is 76.0 Å². The van der Waals surface area contributed by atoms with Gasteiger partial charge in [-0.2, -0.15) is 5.10 Å². The number of hydrazone groups is 1. The van der Waals surface area contributed by atoms with E-state index in [1.165, 1.54) is 11.3 Å². The Balaban J connectivity index is 1.39. The molecule has 3 aromatic rings. The number of carbonyl (C=O) groups excluding carboxylic acids is 2. The van der Waals surface area contributed by atoms with Crippen LogP contribution in [0.4, 0.5) is 5.69 Å². The first-order valence-electron chi connectivity index (χ1n) is 8.80. The molecule has 7 nitrogen and oxygen atoms in total. The number of benzene rings is 2. The number of hydrogen-bond donors (Lipinski definition) is 2. The van der Waals surface area contributed by atoms with E-state index in [9.17, 15) is 9.59 Å². The van der Waals surface area contributed by atoms with Crippen molar-refractivity contribution in [1.29, 1.82) is 0 Å². The zero-order valence-corrected chi connectivity index (χ0v) is 16.3. The molecule has 0 fully saturated rings. The highest BCUT2D eigenvalue weighted by atomic mass is 32.1. The SMILES string of the molecule is CC(=NNC(=O)c1cccs1)c1ccc(NC(=O)c2ccc3c(c2)OCO3)cc1. The third-order valence-electron chi connectivity index (χ3n) is 4.27. The maximum absolute atomic E-state index is 12.4. The summed E-state index contributed by atoms with van der Waals surface area (Å²) in [5, 5.41) is 8.81. The van der Waals surface area contributed by atoms with Gasteiger partial charge in [0.25, 0.3) is 11.8 Å². The number of rotatable bonds is 5. The summed E-state index contributed by atoms with van der Waals surface area (Å²) < 4.78 is 10.6. The lowest BCUT2D eigenvalue weighted by Gasteiger charge is -2.07. The molecule has 29 heavy (non-hydrogen) atoms. The monoisotopic (exact) mass is 407 g/mol. The number of carbonyl (C=O) groups is 2. The van der Waals surface area contributed by atoms with Gasteiger partial charge in [-0.25, -0.2) is 5.43 Å². The second kappa shape index (κ2) is 8.15. The molecule has 0 bridgehead atoms. The molecular formula is C21H17N3O4S. The van der Waals surface area contributed by atoms with Crippen LogP contribution in [0.1, 0.15) is 32.5 Å². The Bertz CT molecular complexity index is 1080. The number of thiophene rings is 1. The Morgan fingerprint density at radius 1 is 0.966 bits per heavy atom. The van der Waals surface area contributed by atoms with E-state index < -0.39 is 0 Å². The zero-order valence-electron chi connectivity index (χ0n) is 15.5. The Hall–Kier alpha value is -3.65. The smallest absolute Gasteiger partial charge is 0.281 e. The molecule has 2 aromatic carbocycles. The molecule has 0 saturated carbocycles. The number of hydrogen-bond acceptors (Lipinski definition) is 6. The second-order valence-electron chi connectivity index (χ2n) is 6.21. The van der Waals surface area contributed by atoms with Gasteiger partial charge in [-0.05, 0) is 54.3 Å². The fourth-order valence-electron chi connectivity index (χ4n) is 2.70. The summed E-state index contributed by atoms with van der Waals surface area (Å²) in [6.07, 6.45) is 0. The van der Waals surface area contributed by atoms with Crippen LogP contribution in [0.3, 0.4) is 0 Å². The number of nitrogens with one attached hydrogen (secondary N) is 2. The normalized spacial score (nSPS) is 12.5. The minimum atomic E-state index is -0.246. The van der Waals surface area contributed by atoms with Crippen LogP contribution in [0.15, 0.2) is 65.1 Å². The number of ether oxygens (including phenoxy) is 2. The summed E-state index contributed by atoms with van der Waals surface area (Å²) in [5.41, 5.74) is 5.15. The molecule has 0 spiro atoms. The van der Waals surface area contributed by atoms with Crippen LogP contribution in [0.2, 0.25) is 0 Å². The van der Waals surface area contributed by atoms with E-state index in [-0.39, 0.29) is 18.6 Å². The molecule has 2 N–H and O–H groups in total. The quantitative estimate of drug-likeness (QED) is 0.496. The molecule has 1 aliphatic rings. The molecule has 0 unspecified atom stereocenters. The van der Waals surface area contributed by atoms with Gasteiger partial charge in [0, 0.05) is 11.3 Å². The van der Waals surface area contributed by atoms with Crippen molar-refractivity contribution in [3.8, 4) is 11.5 Å². The number of fused-ring (bicyclic) bond motifs is 1. The molecule has 0 atom stereocenters. The Morgan fingerprint density at radius 3 is 2.48 bits per heavy atom. The van der Waals surface area contributed by atoms with E-state index in [1.807, 2.05) is 23.6 Å². The van der Waals surface area contributed by atoms with Crippen molar-refractivity contribution >= 4 is 34.6 Å². The first kappa shape index (κ1) is 18.7. The van der Waals surface area contributed by atoms with Crippen LogP contribution in [-0.4, -0.2) is 24.3 Å². The molecule has 2 heterocycles. The summed E-state index contributed by atoms with van der Waals surface area (Å²) in [7, 11) is 0.